The second-order valence-electron chi connectivity index (χ2n) is 6.35. The van der Waals surface area contributed by atoms with Gasteiger partial charge in [-0.05, 0) is 42.8 Å². The van der Waals surface area contributed by atoms with E-state index in [0.717, 1.165) is 12.8 Å². The minimum Gasteiger partial charge on any atom is -0.376 e. The molecular weight excluding hydrogens is 356 g/mol. The second-order valence-corrected chi connectivity index (χ2v) is 6.35. The van der Waals surface area contributed by atoms with Crippen molar-refractivity contribution in [1.82, 2.24) is 5.32 Å². The van der Waals surface area contributed by atoms with Crippen LogP contribution in [0.4, 0.5) is 17.1 Å². The first-order valence-electron chi connectivity index (χ1n) is 9.27. The molecule has 0 saturated carbocycles. The first-order valence-corrected chi connectivity index (χ1v) is 9.27. The van der Waals surface area contributed by atoms with Crippen molar-refractivity contribution in [2.24, 2.45) is 0 Å². The third-order valence-corrected chi connectivity index (χ3v) is 3.86. The number of carbonyl (C=O) groups excluding carboxylic acids is 3. The van der Waals surface area contributed by atoms with Gasteiger partial charge in [0.2, 0.25) is 11.8 Å². The maximum atomic E-state index is 12.2. The van der Waals surface area contributed by atoms with Crippen molar-refractivity contribution in [3.05, 3.63) is 54.1 Å². The number of nitrogens with one attached hydrogen (secondary N) is 4. The van der Waals surface area contributed by atoms with Gasteiger partial charge in [-0.1, -0.05) is 25.5 Å². The number of unbranched alkanes of at least 4 members (excludes halogenated alkanes) is 1. The molecule has 7 nitrogen and oxygen atoms in total. The Kier molecular flexibility index (Phi) is 8.02. The molecule has 0 spiro atoms. The smallest absolute Gasteiger partial charge is 0.251 e. The Morgan fingerprint density at radius 2 is 1.57 bits per heavy atom. The SMILES string of the molecule is CCCCNC(=O)c1cccc(NCC(=O)Nc2cccc(NC(C)=O)c2)c1. The Morgan fingerprint density at radius 3 is 2.29 bits per heavy atom. The molecule has 4 N–H and O–H groups in total. The third kappa shape index (κ3) is 7.11. The van der Waals surface area contributed by atoms with E-state index in [1.165, 1.54) is 6.92 Å². The number of hydrogen-bond acceptors (Lipinski definition) is 4. The molecule has 28 heavy (non-hydrogen) atoms. The van der Waals surface area contributed by atoms with Crippen molar-refractivity contribution in [2.45, 2.75) is 26.7 Å². The van der Waals surface area contributed by atoms with Crippen LogP contribution in [0.2, 0.25) is 0 Å². The first kappa shape index (κ1) is 21.0. The fraction of sp³-hybridized carbons (Fsp3) is 0.286. The van der Waals surface area contributed by atoms with Gasteiger partial charge in [0.15, 0.2) is 0 Å². The summed E-state index contributed by atoms with van der Waals surface area (Å²) in [6.07, 6.45) is 1.96. The quantitative estimate of drug-likeness (QED) is 0.500. The van der Waals surface area contributed by atoms with Crippen LogP contribution in [0.3, 0.4) is 0 Å². The summed E-state index contributed by atoms with van der Waals surface area (Å²) >= 11 is 0. The van der Waals surface area contributed by atoms with Crippen LogP contribution in [-0.4, -0.2) is 30.8 Å². The molecule has 0 aliphatic carbocycles. The molecule has 0 unspecified atom stereocenters. The molecular formula is C21H26N4O3. The van der Waals surface area contributed by atoms with Gasteiger partial charge in [-0.3, -0.25) is 14.4 Å². The van der Waals surface area contributed by atoms with Gasteiger partial charge in [-0.15, -0.1) is 0 Å². The summed E-state index contributed by atoms with van der Waals surface area (Å²) in [5.41, 5.74) is 2.43. The minimum atomic E-state index is -0.238. The molecule has 0 bridgehead atoms. The van der Waals surface area contributed by atoms with Crippen molar-refractivity contribution in [3.8, 4) is 0 Å². The van der Waals surface area contributed by atoms with Crippen LogP contribution >= 0.6 is 0 Å². The average molecular weight is 382 g/mol. The van der Waals surface area contributed by atoms with Crippen LogP contribution in [0.25, 0.3) is 0 Å². The van der Waals surface area contributed by atoms with E-state index in [9.17, 15) is 14.4 Å². The second kappa shape index (κ2) is 10.7. The third-order valence-electron chi connectivity index (χ3n) is 3.86. The van der Waals surface area contributed by atoms with Gasteiger partial charge >= 0.3 is 0 Å². The van der Waals surface area contributed by atoms with Crippen molar-refractivity contribution in [1.29, 1.82) is 0 Å². The van der Waals surface area contributed by atoms with Gasteiger partial charge in [0.25, 0.3) is 5.91 Å². The van der Waals surface area contributed by atoms with Gasteiger partial charge in [0.05, 0.1) is 6.54 Å². The summed E-state index contributed by atoms with van der Waals surface area (Å²) in [7, 11) is 0. The van der Waals surface area contributed by atoms with Crippen LogP contribution in [0.1, 0.15) is 37.0 Å². The minimum absolute atomic E-state index is 0.0469. The Labute approximate surface area is 164 Å². The lowest BCUT2D eigenvalue weighted by Gasteiger charge is -2.10. The standard InChI is InChI=1S/C21H26N4O3/c1-3-4-11-22-21(28)16-7-5-8-17(12-16)23-14-20(27)25-19-10-6-9-18(13-19)24-15(2)26/h5-10,12-13,23H,3-4,11,14H2,1-2H3,(H,22,28)(H,24,26)(H,25,27). The van der Waals surface area contributed by atoms with Crippen molar-refractivity contribution < 1.29 is 14.4 Å². The Hall–Kier alpha value is -3.35. The molecule has 0 atom stereocenters. The summed E-state index contributed by atoms with van der Waals surface area (Å²) in [5.74, 6) is -0.544. The Balaban J connectivity index is 1.88. The first-order chi connectivity index (χ1) is 13.5. The predicted octanol–water partition coefficient (Wildman–Crippen LogP) is 3.23. The van der Waals surface area contributed by atoms with Gasteiger partial charge < -0.3 is 21.3 Å². The molecule has 0 aromatic heterocycles. The summed E-state index contributed by atoms with van der Waals surface area (Å²) in [4.78, 5) is 35.4. The number of carbonyl (C=O) groups is 3. The van der Waals surface area contributed by atoms with Gasteiger partial charge in [0.1, 0.15) is 0 Å². The Morgan fingerprint density at radius 1 is 0.893 bits per heavy atom. The maximum Gasteiger partial charge on any atom is 0.251 e. The zero-order valence-electron chi connectivity index (χ0n) is 16.2. The molecule has 2 rings (SSSR count). The molecule has 0 radical (unpaired) electrons. The maximum absolute atomic E-state index is 12.2. The zero-order valence-corrected chi connectivity index (χ0v) is 16.2. The lowest BCUT2D eigenvalue weighted by atomic mass is 10.2. The fourth-order valence-corrected chi connectivity index (χ4v) is 2.52. The van der Waals surface area contributed by atoms with Crippen LogP contribution in [0.15, 0.2) is 48.5 Å². The molecule has 7 heteroatoms. The number of anilines is 3. The summed E-state index contributed by atoms with van der Waals surface area (Å²) in [5, 5.41) is 11.3. The summed E-state index contributed by atoms with van der Waals surface area (Å²) < 4.78 is 0. The number of benzene rings is 2. The van der Waals surface area contributed by atoms with Crippen LogP contribution < -0.4 is 21.3 Å². The predicted molar refractivity (Wildman–Crippen MR) is 112 cm³/mol. The highest BCUT2D eigenvalue weighted by molar-refractivity contribution is 5.96. The highest BCUT2D eigenvalue weighted by Gasteiger charge is 2.07. The zero-order chi connectivity index (χ0) is 20.4. The van der Waals surface area contributed by atoms with E-state index in [-0.39, 0.29) is 24.3 Å². The fourth-order valence-electron chi connectivity index (χ4n) is 2.52. The van der Waals surface area contributed by atoms with E-state index in [4.69, 9.17) is 0 Å². The monoisotopic (exact) mass is 382 g/mol. The van der Waals surface area contributed by atoms with Crippen LogP contribution in [-0.2, 0) is 9.59 Å². The van der Waals surface area contributed by atoms with Crippen LogP contribution in [0, 0.1) is 0 Å². The molecule has 0 fully saturated rings. The number of amides is 3. The van der Waals surface area contributed by atoms with Crippen molar-refractivity contribution in [2.75, 3.05) is 29.0 Å². The lowest BCUT2D eigenvalue weighted by Crippen LogP contribution is -2.25. The summed E-state index contributed by atoms with van der Waals surface area (Å²) in [6.45, 7) is 4.18. The van der Waals surface area contributed by atoms with Crippen molar-refractivity contribution >= 4 is 34.8 Å². The molecule has 2 aromatic rings. The molecule has 148 valence electrons. The van der Waals surface area contributed by atoms with E-state index in [1.807, 2.05) is 0 Å². The number of rotatable bonds is 9. The molecule has 0 saturated heterocycles. The van der Waals surface area contributed by atoms with Crippen LogP contribution in [0.5, 0.6) is 0 Å². The van der Waals surface area contributed by atoms with E-state index in [1.54, 1.807) is 48.5 Å². The molecule has 0 aliphatic heterocycles. The van der Waals surface area contributed by atoms with E-state index in [0.29, 0.717) is 29.2 Å². The van der Waals surface area contributed by atoms with Crippen molar-refractivity contribution in [3.63, 3.8) is 0 Å². The van der Waals surface area contributed by atoms with Gasteiger partial charge in [-0.25, -0.2) is 0 Å². The summed E-state index contributed by atoms with van der Waals surface area (Å²) in [6, 6.07) is 13.9. The average Bonchev–Trinajstić information content (AvgIpc) is 2.66. The normalized spacial score (nSPS) is 10.1. The van der Waals surface area contributed by atoms with Gasteiger partial charge in [-0.2, -0.15) is 0 Å². The largest absolute Gasteiger partial charge is 0.376 e. The molecule has 3 amide bonds. The van der Waals surface area contributed by atoms with Gasteiger partial charge in [0, 0.05) is 36.1 Å². The topological polar surface area (TPSA) is 99.3 Å². The highest BCUT2D eigenvalue weighted by atomic mass is 16.2. The van der Waals surface area contributed by atoms with E-state index >= 15 is 0 Å². The van der Waals surface area contributed by atoms with E-state index in [2.05, 4.69) is 28.2 Å². The molecule has 0 heterocycles. The van der Waals surface area contributed by atoms with E-state index < -0.39 is 0 Å². The lowest BCUT2D eigenvalue weighted by molar-refractivity contribution is -0.115. The number of hydrogen-bond donors (Lipinski definition) is 4. The molecule has 0 aliphatic rings. The molecule has 2 aromatic carbocycles. The highest BCUT2D eigenvalue weighted by Crippen LogP contribution is 2.15. The Bertz CT molecular complexity index is 836.